The van der Waals surface area contributed by atoms with E-state index in [0.717, 1.165) is 11.1 Å². The Kier molecular flexibility index (Phi) is 2.94. The fraction of sp³-hybridized carbons (Fsp3) is 0.0909. The van der Waals surface area contributed by atoms with E-state index in [1.807, 2.05) is 0 Å². The highest BCUT2D eigenvalue weighted by Crippen LogP contribution is 2.25. The SMILES string of the molecule is OCc1ccc(Cl)c(-c2ncccn2)c1. The van der Waals surface area contributed by atoms with E-state index >= 15 is 0 Å². The first-order valence-electron chi connectivity index (χ1n) is 4.48. The van der Waals surface area contributed by atoms with E-state index in [4.69, 9.17) is 16.7 Å². The summed E-state index contributed by atoms with van der Waals surface area (Å²) < 4.78 is 0. The Morgan fingerprint density at radius 3 is 2.60 bits per heavy atom. The third-order valence-electron chi connectivity index (χ3n) is 2.02. The maximum atomic E-state index is 9.02. The molecule has 1 N–H and O–H groups in total. The molecule has 3 nitrogen and oxygen atoms in total. The molecule has 0 saturated heterocycles. The zero-order valence-corrected chi connectivity index (χ0v) is 8.65. The van der Waals surface area contributed by atoms with Crippen LogP contribution in [0.2, 0.25) is 5.02 Å². The summed E-state index contributed by atoms with van der Waals surface area (Å²) in [6.45, 7) is -0.0169. The van der Waals surface area contributed by atoms with E-state index in [2.05, 4.69) is 9.97 Å². The highest BCUT2D eigenvalue weighted by molar-refractivity contribution is 6.33. The summed E-state index contributed by atoms with van der Waals surface area (Å²) in [5.41, 5.74) is 1.53. The van der Waals surface area contributed by atoms with Crippen LogP contribution in [0.25, 0.3) is 11.4 Å². The minimum absolute atomic E-state index is 0.0169. The number of benzene rings is 1. The third-order valence-corrected chi connectivity index (χ3v) is 2.35. The molecule has 0 radical (unpaired) electrons. The molecule has 0 bridgehead atoms. The first kappa shape index (κ1) is 10.1. The topological polar surface area (TPSA) is 46.0 Å². The zero-order valence-electron chi connectivity index (χ0n) is 7.89. The molecule has 0 atom stereocenters. The van der Waals surface area contributed by atoms with Crippen molar-refractivity contribution in [1.82, 2.24) is 9.97 Å². The molecule has 0 spiro atoms. The number of nitrogens with zero attached hydrogens (tertiary/aromatic N) is 2. The van der Waals surface area contributed by atoms with Crippen LogP contribution < -0.4 is 0 Å². The van der Waals surface area contributed by atoms with E-state index in [1.165, 1.54) is 0 Å². The average Bonchev–Trinajstić information content (AvgIpc) is 2.31. The monoisotopic (exact) mass is 220 g/mol. The van der Waals surface area contributed by atoms with Gasteiger partial charge in [-0.05, 0) is 23.8 Å². The van der Waals surface area contributed by atoms with Gasteiger partial charge in [-0.25, -0.2) is 9.97 Å². The highest BCUT2D eigenvalue weighted by Gasteiger charge is 2.06. The fourth-order valence-electron chi connectivity index (χ4n) is 1.28. The standard InChI is InChI=1S/C11H9ClN2O/c12-10-3-2-8(7-15)6-9(10)11-13-4-1-5-14-11/h1-6,15H,7H2. The Morgan fingerprint density at radius 2 is 1.93 bits per heavy atom. The van der Waals surface area contributed by atoms with Crippen LogP contribution in [-0.2, 0) is 6.61 Å². The molecule has 76 valence electrons. The number of halogens is 1. The first-order valence-corrected chi connectivity index (χ1v) is 4.86. The molecule has 1 aromatic carbocycles. The van der Waals surface area contributed by atoms with Crippen LogP contribution in [0.4, 0.5) is 0 Å². The van der Waals surface area contributed by atoms with Gasteiger partial charge in [-0.1, -0.05) is 17.7 Å². The van der Waals surface area contributed by atoms with Crippen LogP contribution >= 0.6 is 11.6 Å². The van der Waals surface area contributed by atoms with Gasteiger partial charge in [0, 0.05) is 18.0 Å². The molecular formula is C11H9ClN2O. The molecule has 1 aromatic heterocycles. The lowest BCUT2D eigenvalue weighted by atomic mass is 10.1. The molecule has 1 heterocycles. The van der Waals surface area contributed by atoms with Gasteiger partial charge in [0.25, 0.3) is 0 Å². The smallest absolute Gasteiger partial charge is 0.160 e. The molecule has 15 heavy (non-hydrogen) atoms. The summed E-state index contributed by atoms with van der Waals surface area (Å²) >= 11 is 6.03. The van der Waals surface area contributed by atoms with E-state index in [9.17, 15) is 0 Å². The van der Waals surface area contributed by atoms with Gasteiger partial charge in [0.05, 0.1) is 11.6 Å². The average molecular weight is 221 g/mol. The van der Waals surface area contributed by atoms with Gasteiger partial charge in [-0.15, -0.1) is 0 Å². The summed E-state index contributed by atoms with van der Waals surface area (Å²) in [7, 11) is 0. The van der Waals surface area contributed by atoms with Crippen molar-refractivity contribution in [1.29, 1.82) is 0 Å². The molecule has 2 aromatic rings. The molecule has 0 fully saturated rings. The highest BCUT2D eigenvalue weighted by atomic mass is 35.5. The summed E-state index contributed by atoms with van der Waals surface area (Å²) in [5, 5.41) is 9.60. The molecule has 0 unspecified atom stereocenters. The van der Waals surface area contributed by atoms with Crippen LogP contribution in [-0.4, -0.2) is 15.1 Å². The van der Waals surface area contributed by atoms with Crippen molar-refractivity contribution in [3.8, 4) is 11.4 Å². The van der Waals surface area contributed by atoms with E-state index in [-0.39, 0.29) is 6.61 Å². The molecule has 4 heteroatoms. The second-order valence-electron chi connectivity index (χ2n) is 3.04. The quantitative estimate of drug-likeness (QED) is 0.845. The third kappa shape index (κ3) is 2.14. The molecule has 0 aliphatic heterocycles. The van der Waals surface area contributed by atoms with Crippen molar-refractivity contribution in [3.05, 3.63) is 47.2 Å². The van der Waals surface area contributed by atoms with Crippen molar-refractivity contribution in [3.63, 3.8) is 0 Å². The minimum atomic E-state index is -0.0169. The van der Waals surface area contributed by atoms with Gasteiger partial charge >= 0.3 is 0 Å². The summed E-state index contributed by atoms with van der Waals surface area (Å²) in [5.74, 6) is 0.567. The van der Waals surface area contributed by atoms with Gasteiger partial charge < -0.3 is 5.11 Å². The lowest BCUT2D eigenvalue weighted by molar-refractivity contribution is 0.282. The first-order chi connectivity index (χ1) is 7.31. The molecule has 0 amide bonds. The van der Waals surface area contributed by atoms with Gasteiger partial charge in [0.1, 0.15) is 0 Å². The Labute approximate surface area is 92.4 Å². The van der Waals surface area contributed by atoms with Crippen LogP contribution in [0.5, 0.6) is 0 Å². The minimum Gasteiger partial charge on any atom is -0.392 e. The second kappa shape index (κ2) is 4.38. The fourth-order valence-corrected chi connectivity index (χ4v) is 1.48. The molecule has 0 aliphatic carbocycles. The number of hydrogen-bond donors (Lipinski definition) is 1. The van der Waals surface area contributed by atoms with Crippen molar-refractivity contribution >= 4 is 11.6 Å². The van der Waals surface area contributed by atoms with Gasteiger partial charge in [0.15, 0.2) is 5.82 Å². The summed E-state index contributed by atoms with van der Waals surface area (Å²) in [6.07, 6.45) is 3.31. The molecule has 2 rings (SSSR count). The predicted octanol–water partition coefficient (Wildman–Crippen LogP) is 2.29. The lowest BCUT2D eigenvalue weighted by Gasteiger charge is -2.04. The Morgan fingerprint density at radius 1 is 1.20 bits per heavy atom. The van der Waals surface area contributed by atoms with Crippen molar-refractivity contribution < 1.29 is 5.11 Å². The maximum Gasteiger partial charge on any atom is 0.160 e. The van der Waals surface area contributed by atoms with Crippen molar-refractivity contribution in [2.45, 2.75) is 6.61 Å². The van der Waals surface area contributed by atoms with Crippen molar-refractivity contribution in [2.24, 2.45) is 0 Å². The number of aliphatic hydroxyl groups is 1. The normalized spacial score (nSPS) is 10.3. The van der Waals surface area contributed by atoms with Crippen molar-refractivity contribution in [2.75, 3.05) is 0 Å². The molecule has 0 aliphatic rings. The van der Waals surface area contributed by atoms with Crippen LogP contribution in [0.3, 0.4) is 0 Å². The zero-order chi connectivity index (χ0) is 10.7. The Hall–Kier alpha value is -1.45. The summed E-state index contributed by atoms with van der Waals surface area (Å²) in [6, 6.07) is 7.04. The van der Waals surface area contributed by atoms with Gasteiger partial charge in [-0.2, -0.15) is 0 Å². The summed E-state index contributed by atoms with van der Waals surface area (Å²) in [4.78, 5) is 8.22. The Balaban J connectivity index is 2.52. The van der Waals surface area contributed by atoms with Crippen LogP contribution in [0.15, 0.2) is 36.7 Å². The van der Waals surface area contributed by atoms with Gasteiger partial charge in [0.2, 0.25) is 0 Å². The van der Waals surface area contributed by atoms with Gasteiger partial charge in [-0.3, -0.25) is 0 Å². The van der Waals surface area contributed by atoms with E-state index < -0.39 is 0 Å². The second-order valence-corrected chi connectivity index (χ2v) is 3.45. The largest absolute Gasteiger partial charge is 0.392 e. The van der Waals surface area contributed by atoms with Crippen LogP contribution in [0, 0.1) is 0 Å². The lowest BCUT2D eigenvalue weighted by Crippen LogP contribution is -1.90. The number of aliphatic hydroxyl groups excluding tert-OH is 1. The Bertz CT molecular complexity index is 459. The van der Waals surface area contributed by atoms with Crippen LogP contribution in [0.1, 0.15) is 5.56 Å². The number of rotatable bonds is 2. The maximum absolute atomic E-state index is 9.02. The number of aromatic nitrogens is 2. The molecule has 0 saturated carbocycles. The molecular weight excluding hydrogens is 212 g/mol. The van der Waals surface area contributed by atoms with E-state index in [1.54, 1.807) is 36.7 Å². The van der Waals surface area contributed by atoms with E-state index in [0.29, 0.717) is 10.8 Å². The number of hydrogen-bond acceptors (Lipinski definition) is 3. The predicted molar refractivity (Wildman–Crippen MR) is 58.4 cm³/mol.